The van der Waals surface area contributed by atoms with E-state index in [1.54, 1.807) is 0 Å². The smallest absolute Gasteiger partial charge is 0.166 e. The minimum Gasteiger partial charge on any atom is -0.350 e. The third kappa shape index (κ3) is 2.89. The predicted octanol–water partition coefficient (Wildman–Crippen LogP) is 3.22. The fourth-order valence-electron chi connectivity index (χ4n) is 4.42. The molecule has 2 aliphatic rings. The molecule has 30 heavy (non-hydrogen) atoms. The molecule has 0 fully saturated rings. The number of nitrogens with zero attached hydrogens (tertiary/aromatic N) is 8. The number of pyridine rings is 1. The Morgan fingerprint density at radius 2 is 2.03 bits per heavy atom. The van der Waals surface area contributed by atoms with E-state index < -0.39 is 0 Å². The Morgan fingerprint density at radius 3 is 2.87 bits per heavy atom. The van der Waals surface area contributed by atoms with E-state index in [2.05, 4.69) is 54.9 Å². The van der Waals surface area contributed by atoms with Gasteiger partial charge in [-0.2, -0.15) is 10.4 Å². The summed E-state index contributed by atoms with van der Waals surface area (Å²) >= 11 is 0. The highest BCUT2D eigenvalue weighted by Gasteiger charge is 2.26. The second-order valence-electron chi connectivity index (χ2n) is 8.13. The SMILES string of the molecule is Cc1c(C#N)nnc(N2CCc3ncc(N4CCC(C)n5nccc54)cc3C2)c1C. The molecule has 8 nitrogen and oxygen atoms in total. The Balaban J connectivity index is 1.46. The highest BCUT2D eigenvalue weighted by Crippen LogP contribution is 2.35. The van der Waals surface area contributed by atoms with Crippen molar-refractivity contribution in [3.63, 3.8) is 0 Å². The van der Waals surface area contributed by atoms with Crippen LogP contribution < -0.4 is 9.80 Å². The third-order valence-corrected chi connectivity index (χ3v) is 6.35. The monoisotopic (exact) mass is 400 g/mol. The summed E-state index contributed by atoms with van der Waals surface area (Å²) in [6.07, 6.45) is 5.77. The number of fused-ring (bicyclic) bond motifs is 2. The Bertz CT molecular complexity index is 1160. The first kappa shape index (κ1) is 18.6. The lowest BCUT2D eigenvalue weighted by atomic mass is 10.0. The molecule has 1 unspecified atom stereocenters. The first-order valence-electron chi connectivity index (χ1n) is 10.3. The van der Waals surface area contributed by atoms with Crippen molar-refractivity contribution in [2.75, 3.05) is 22.9 Å². The number of hydrogen-bond acceptors (Lipinski definition) is 7. The summed E-state index contributed by atoms with van der Waals surface area (Å²) in [5.41, 5.74) is 5.77. The van der Waals surface area contributed by atoms with Crippen molar-refractivity contribution in [1.82, 2.24) is 25.0 Å². The topological polar surface area (TPSA) is 86.8 Å². The van der Waals surface area contributed by atoms with E-state index in [1.165, 1.54) is 5.56 Å². The lowest BCUT2D eigenvalue weighted by Crippen LogP contribution is -2.34. The first-order valence-corrected chi connectivity index (χ1v) is 10.3. The number of nitriles is 1. The van der Waals surface area contributed by atoms with E-state index in [9.17, 15) is 5.26 Å². The molecule has 0 spiro atoms. The molecule has 0 N–H and O–H groups in total. The van der Waals surface area contributed by atoms with Crippen molar-refractivity contribution in [2.24, 2.45) is 0 Å². The summed E-state index contributed by atoms with van der Waals surface area (Å²) in [6, 6.07) is 6.85. The van der Waals surface area contributed by atoms with Gasteiger partial charge in [-0.25, -0.2) is 4.68 Å². The van der Waals surface area contributed by atoms with Gasteiger partial charge in [0.25, 0.3) is 0 Å². The molecule has 8 heteroatoms. The average Bonchev–Trinajstić information content (AvgIpc) is 3.26. The first-order chi connectivity index (χ1) is 14.6. The van der Waals surface area contributed by atoms with Crippen LogP contribution in [0.1, 0.15) is 47.5 Å². The van der Waals surface area contributed by atoms with E-state index >= 15 is 0 Å². The zero-order valence-electron chi connectivity index (χ0n) is 17.5. The van der Waals surface area contributed by atoms with Crippen LogP contribution in [0.25, 0.3) is 0 Å². The lowest BCUT2D eigenvalue weighted by molar-refractivity contribution is 0.436. The van der Waals surface area contributed by atoms with E-state index in [0.29, 0.717) is 11.7 Å². The van der Waals surface area contributed by atoms with Gasteiger partial charge in [0, 0.05) is 37.8 Å². The molecule has 5 heterocycles. The van der Waals surface area contributed by atoms with E-state index in [1.807, 2.05) is 26.2 Å². The fourth-order valence-corrected chi connectivity index (χ4v) is 4.42. The number of anilines is 3. The molecule has 0 saturated heterocycles. The van der Waals surface area contributed by atoms with Crippen molar-refractivity contribution in [1.29, 1.82) is 5.26 Å². The largest absolute Gasteiger partial charge is 0.350 e. The Labute approximate surface area is 175 Å². The van der Waals surface area contributed by atoms with E-state index in [4.69, 9.17) is 4.98 Å². The molecule has 5 rings (SSSR count). The molecule has 152 valence electrons. The van der Waals surface area contributed by atoms with Crippen molar-refractivity contribution >= 4 is 17.3 Å². The number of aromatic nitrogens is 5. The van der Waals surface area contributed by atoms with Gasteiger partial charge >= 0.3 is 0 Å². The fraction of sp³-hybridized carbons (Fsp3) is 0.409. The summed E-state index contributed by atoms with van der Waals surface area (Å²) in [6.45, 7) is 8.69. The molecule has 0 saturated carbocycles. The van der Waals surface area contributed by atoms with Crippen molar-refractivity contribution in [3.8, 4) is 6.07 Å². The van der Waals surface area contributed by atoms with Crippen LogP contribution in [-0.2, 0) is 13.0 Å². The van der Waals surface area contributed by atoms with Gasteiger partial charge in [-0.1, -0.05) is 0 Å². The van der Waals surface area contributed by atoms with Crippen LogP contribution in [0.5, 0.6) is 0 Å². The van der Waals surface area contributed by atoms with Crippen LogP contribution in [-0.4, -0.2) is 38.1 Å². The van der Waals surface area contributed by atoms with Crippen molar-refractivity contribution in [2.45, 2.75) is 46.2 Å². The molecule has 0 radical (unpaired) electrons. The highest BCUT2D eigenvalue weighted by molar-refractivity contribution is 5.62. The van der Waals surface area contributed by atoms with Crippen LogP contribution in [0.2, 0.25) is 0 Å². The molecular formula is C22H24N8. The molecule has 0 bridgehead atoms. The minimum absolute atomic E-state index is 0.397. The highest BCUT2D eigenvalue weighted by atomic mass is 15.4. The van der Waals surface area contributed by atoms with Crippen molar-refractivity contribution < 1.29 is 0 Å². The molecule has 2 aliphatic heterocycles. The van der Waals surface area contributed by atoms with Crippen LogP contribution in [0.15, 0.2) is 24.5 Å². The van der Waals surface area contributed by atoms with Gasteiger partial charge < -0.3 is 9.80 Å². The normalized spacial score (nSPS) is 18.0. The summed E-state index contributed by atoms with van der Waals surface area (Å²) in [4.78, 5) is 9.33. The maximum absolute atomic E-state index is 9.21. The maximum Gasteiger partial charge on any atom is 0.166 e. The van der Waals surface area contributed by atoms with E-state index in [-0.39, 0.29) is 0 Å². The lowest BCUT2D eigenvalue weighted by Gasteiger charge is -2.34. The summed E-state index contributed by atoms with van der Waals surface area (Å²) in [5, 5.41) is 22.2. The predicted molar refractivity (Wildman–Crippen MR) is 114 cm³/mol. The molecule has 0 amide bonds. The van der Waals surface area contributed by atoms with Gasteiger partial charge in [-0.3, -0.25) is 4.98 Å². The van der Waals surface area contributed by atoms with Gasteiger partial charge in [0.2, 0.25) is 0 Å². The molecule has 3 aromatic heterocycles. The van der Waals surface area contributed by atoms with Gasteiger partial charge in [-0.15, -0.1) is 10.2 Å². The maximum atomic E-state index is 9.21. The van der Waals surface area contributed by atoms with Gasteiger partial charge in [-0.05, 0) is 49.9 Å². The Morgan fingerprint density at radius 1 is 1.17 bits per heavy atom. The van der Waals surface area contributed by atoms with Crippen LogP contribution in [0, 0.1) is 25.2 Å². The minimum atomic E-state index is 0.397. The van der Waals surface area contributed by atoms with Crippen molar-refractivity contribution in [3.05, 3.63) is 52.6 Å². The van der Waals surface area contributed by atoms with Crippen LogP contribution >= 0.6 is 0 Å². The second-order valence-corrected chi connectivity index (χ2v) is 8.13. The van der Waals surface area contributed by atoms with Gasteiger partial charge in [0.15, 0.2) is 11.5 Å². The van der Waals surface area contributed by atoms with Gasteiger partial charge in [0.05, 0.1) is 24.1 Å². The molecule has 1 atom stereocenters. The summed E-state index contributed by atoms with van der Waals surface area (Å²) < 4.78 is 2.09. The molecule has 0 aromatic carbocycles. The van der Waals surface area contributed by atoms with Crippen LogP contribution in [0.4, 0.5) is 17.3 Å². The second kappa shape index (κ2) is 7.10. The number of rotatable bonds is 2. The number of hydrogen-bond donors (Lipinski definition) is 0. The quantitative estimate of drug-likeness (QED) is 0.653. The third-order valence-electron chi connectivity index (χ3n) is 6.35. The summed E-state index contributed by atoms with van der Waals surface area (Å²) in [5.74, 6) is 1.97. The molecular weight excluding hydrogens is 376 g/mol. The summed E-state index contributed by atoms with van der Waals surface area (Å²) in [7, 11) is 0. The van der Waals surface area contributed by atoms with E-state index in [0.717, 1.165) is 66.6 Å². The molecule has 3 aromatic rings. The van der Waals surface area contributed by atoms with Crippen LogP contribution in [0.3, 0.4) is 0 Å². The Kier molecular flexibility index (Phi) is 4.39. The Hall–Kier alpha value is -3.47. The average molecular weight is 400 g/mol. The standard InChI is InChI=1S/C22H24N8/c1-14-5-9-29(21-4-7-25-30(14)21)18-10-17-13-28(8-6-19(17)24-12-18)22-16(3)15(2)20(11-23)26-27-22/h4,7,10,12,14H,5-6,8-9,13H2,1-3H3. The van der Waals surface area contributed by atoms with Gasteiger partial charge in [0.1, 0.15) is 11.9 Å². The zero-order valence-corrected chi connectivity index (χ0v) is 17.5. The zero-order chi connectivity index (χ0) is 20.8. The molecule has 0 aliphatic carbocycles.